The number of benzene rings is 1. The summed E-state index contributed by atoms with van der Waals surface area (Å²) >= 11 is 0. The van der Waals surface area contributed by atoms with E-state index in [9.17, 15) is 13.0 Å². The van der Waals surface area contributed by atoms with Crippen LogP contribution in [0.15, 0.2) is 29.2 Å². The van der Waals surface area contributed by atoms with Crippen LogP contribution in [0.3, 0.4) is 0 Å². The van der Waals surface area contributed by atoms with Gasteiger partial charge >= 0.3 is 0 Å². The first-order valence-electron chi connectivity index (χ1n) is 11.8. The molecule has 0 radical (unpaired) electrons. The molecule has 0 bridgehead atoms. The van der Waals surface area contributed by atoms with Crippen LogP contribution in [0.5, 0.6) is 0 Å². The molecular formula is C24H45NO4S. The fourth-order valence-electron chi connectivity index (χ4n) is 3.37. The van der Waals surface area contributed by atoms with Crippen LogP contribution in [0.2, 0.25) is 0 Å². The topological polar surface area (TPSA) is 101 Å². The van der Waals surface area contributed by atoms with Gasteiger partial charge < -0.3 is 10.8 Å². The molecule has 1 aromatic carbocycles. The summed E-state index contributed by atoms with van der Waals surface area (Å²) < 4.78 is 31.8. The minimum atomic E-state index is -4.10. The van der Waals surface area contributed by atoms with Gasteiger partial charge in [0.25, 0.3) is 10.1 Å². The molecule has 0 unspecified atom stereocenters. The van der Waals surface area contributed by atoms with E-state index in [-0.39, 0.29) is 4.90 Å². The average molecular weight is 444 g/mol. The van der Waals surface area contributed by atoms with E-state index < -0.39 is 10.1 Å². The van der Waals surface area contributed by atoms with Crippen LogP contribution >= 0.6 is 0 Å². The zero-order valence-corrected chi connectivity index (χ0v) is 19.8. The van der Waals surface area contributed by atoms with E-state index in [4.69, 9.17) is 10.8 Å². The molecule has 0 atom stereocenters. The van der Waals surface area contributed by atoms with Crippen molar-refractivity contribution < 1.29 is 18.1 Å². The highest BCUT2D eigenvalue weighted by Gasteiger charge is 2.13. The highest BCUT2D eigenvalue weighted by atomic mass is 32.2. The average Bonchev–Trinajstić information content (AvgIpc) is 2.73. The molecule has 0 fully saturated rings. The number of nitrogens with two attached hydrogens (primary N) is 1. The third-order valence-corrected chi connectivity index (χ3v) is 6.12. The van der Waals surface area contributed by atoms with Crippen LogP contribution in [0.1, 0.15) is 102 Å². The first-order valence-corrected chi connectivity index (χ1v) is 13.3. The molecule has 0 heterocycles. The summed E-state index contributed by atoms with van der Waals surface area (Å²) in [4.78, 5) is 0.0610. The van der Waals surface area contributed by atoms with Gasteiger partial charge in [-0.15, -0.1) is 0 Å². The summed E-state index contributed by atoms with van der Waals surface area (Å²) in [5.41, 5.74) is 5.97. The molecule has 0 saturated heterocycles. The molecule has 1 aromatic rings. The molecule has 0 aliphatic carbocycles. The lowest BCUT2D eigenvalue weighted by Gasteiger charge is -2.07. The molecule has 0 spiro atoms. The normalized spacial score (nSPS) is 11.2. The Kier molecular flexibility index (Phi) is 19.3. The van der Waals surface area contributed by atoms with E-state index >= 15 is 0 Å². The Labute approximate surface area is 185 Å². The molecule has 0 aliphatic rings. The number of aliphatic hydroxyl groups is 1. The van der Waals surface area contributed by atoms with Gasteiger partial charge in [-0.3, -0.25) is 4.55 Å². The highest BCUT2D eigenvalue weighted by molar-refractivity contribution is 7.85. The number of aliphatic hydroxyl groups excluding tert-OH is 1. The molecule has 176 valence electrons. The molecule has 6 heteroatoms. The summed E-state index contributed by atoms with van der Waals surface area (Å²) in [5.74, 6) is 0. The number of aryl methyl sites for hydroxylation is 1. The monoisotopic (exact) mass is 443 g/mol. The molecule has 0 amide bonds. The van der Waals surface area contributed by atoms with Crippen molar-refractivity contribution in [2.24, 2.45) is 5.73 Å². The van der Waals surface area contributed by atoms with Gasteiger partial charge in [0.05, 0.1) is 4.90 Å². The summed E-state index contributed by atoms with van der Waals surface area (Å²) in [5, 5.41) is 8.33. The smallest absolute Gasteiger partial charge is 0.294 e. The van der Waals surface area contributed by atoms with Crippen molar-refractivity contribution in [2.75, 3.05) is 13.2 Å². The standard InChI is InChI=1S/C18H30O3S.C6H15NO/c1-2-3-4-5-6-7-8-9-10-11-14-17-15-12-13-16-18(17)22(19,20)21;7-5-3-1-2-4-6-8/h12-13,15-16H,2-11,14H2,1H3,(H,19,20,21);8H,1-7H2. The van der Waals surface area contributed by atoms with E-state index in [1.807, 2.05) is 6.07 Å². The Hall–Kier alpha value is -0.950. The van der Waals surface area contributed by atoms with Crippen LogP contribution in [0, 0.1) is 0 Å². The van der Waals surface area contributed by atoms with Gasteiger partial charge in [-0.05, 0) is 43.9 Å². The molecule has 0 saturated carbocycles. The molecule has 1 rings (SSSR count). The lowest BCUT2D eigenvalue weighted by molar-refractivity contribution is 0.282. The predicted molar refractivity (Wildman–Crippen MR) is 126 cm³/mol. The molecule has 0 aromatic heterocycles. The number of unbranched alkanes of at least 4 members (excludes halogenated alkanes) is 12. The fraction of sp³-hybridized carbons (Fsp3) is 0.750. The van der Waals surface area contributed by atoms with Gasteiger partial charge in [0.2, 0.25) is 0 Å². The van der Waals surface area contributed by atoms with Crippen molar-refractivity contribution in [2.45, 2.75) is 108 Å². The Morgan fingerprint density at radius 1 is 0.767 bits per heavy atom. The Bertz CT molecular complexity index is 599. The summed E-state index contributed by atoms with van der Waals surface area (Å²) in [6.07, 6.45) is 17.6. The van der Waals surface area contributed by atoms with Gasteiger partial charge in [-0.25, -0.2) is 0 Å². The summed E-state index contributed by atoms with van der Waals surface area (Å²) in [6, 6.07) is 6.73. The van der Waals surface area contributed by atoms with Gasteiger partial charge in [0, 0.05) is 6.61 Å². The highest BCUT2D eigenvalue weighted by Crippen LogP contribution is 2.18. The Morgan fingerprint density at radius 2 is 1.27 bits per heavy atom. The maximum Gasteiger partial charge on any atom is 0.294 e. The molecular weight excluding hydrogens is 398 g/mol. The largest absolute Gasteiger partial charge is 0.396 e. The lowest BCUT2D eigenvalue weighted by Crippen LogP contribution is -2.03. The quantitative estimate of drug-likeness (QED) is 0.206. The molecule has 4 N–H and O–H groups in total. The number of rotatable bonds is 17. The molecule has 5 nitrogen and oxygen atoms in total. The van der Waals surface area contributed by atoms with E-state index in [1.165, 1.54) is 57.4 Å². The third kappa shape index (κ3) is 16.8. The number of hydrogen-bond acceptors (Lipinski definition) is 4. The van der Waals surface area contributed by atoms with Gasteiger partial charge in [-0.1, -0.05) is 95.8 Å². The number of hydrogen-bond donors (Lipinski definition) is 3. The van der Waals surface area contributed by atoms with Gasteiger partial charge in [0.15, 0.2) is 0 Å². The summed E-state index contributed by atoms with van der Waals surface area (Å²) in [6.45, 7) is 3.34. The van der Waals surface area contributed by atoms with Crippen molar-refractivity contribution in [1.29, 1.82) is 0 Å². The van der Waals surface area contributed by atoms with E-state index in [0.29, 0.717) is 13.0 Å². The van der Waals surface area contributed by atoms with E-state index in [1.54, 1.807) is 12.1 Å². The van der Waals surface area contributed by atoms with Crippen LogP contribution in [-0.4, -0.2) is 31.2 Å². The second-order valence-electron chi connectivity index (χ2n) is 7.94. The fourth-order valence-corrected chi connectivity index (χ4v) is 4.13. The van der Waals surface area contributed by atoms with Crippen LogP contribution in [0.4, 0.5) is 0 Å². The predicted octanol–water partition coefficient (Wildman–Crippen LogP) is 5.89. The van der Waals surface area contributed by atoms with Gasteiger partial charge in [0.1, 0.15) is 0 Å². The lowest BCUT2D eigenvalue weighted by atomic mass is 10.0. The van der Waals surface area contributed by atoms with Crippen molar-refractivity contribution >= 4 is 10.1 Å². The van der Waals surface area contributed by atoms with E-state index in [2.05, 4.69) is 6.92 Å². The molecule has 30 heavy (non-hydrogen) atoms. The second-order valence-corrected chi connectivity index (χ2v) is 9.33. The Morgan fingerprint density at radius 3 is 1.80 bits per heavy atom. The first-order chi connectivity index (χ1) is 14.5. The first kappa shape index (κ1) is 29.1. The zero-order valence-electron chi connectivity index (χ0n) is 19.0. The van der Waals surface area contributed by atoms with Crippen LogP contribution in [-0.2, 0) is 16.5 Å². The summed E-state index contributed by atoms with van der Waals surface area (Å²) in [7, 11) is -4.10. The maximum absolute atomic E-state index is 11.3. The van der Waals surface area contributed by atoms with Gasteiger partial charge in [-0.2, -0.15) is 8.42 Å². The maximum atomic E-state index is 11.3. The Balaban J connectivity index is 0.000000890. The van der Waals surface area contributed by atoms with Crippen molar-refractivity contribution in [1.82, 2.24) is 0 Å². The van der Waals surface area contributed by atoms with Crippen LogP contribution in [0.25, 0.3) is 0 Å². The second kappa shape index (κ2) is 20.0. The van der Waals surface area contributed by atoms with E-state index in [0.717, 1.165) is 50.6 Å². The van der Waals surface area contributed by atoms with Crippen LogP contribution < -0.4 is 5.73 Å². The minimum Gasteiger partial charge on any atom is -0.396 e. The minimum absolute atomic E-state index is 0.0610. The molecule has 0 aliphatic heterocycles. The third-order valence-electron chi connectivity index (χ3n) is 5.16. The van der Waals surface area contributed by atoms with Crippen molar-refractivity contribution in [3.8, 4) is 0 Å². The SMILES string of the molecule is CCCCCCCCCCCCc1ccccc1S(=O)(=O)O.NCCCCCCO. The van der Waals surface area contributed by atoms with Crippen molar-refractivity contribution in [3.63, 3.8) is 0 Å². The zero-order chi connectivity index (χ0) is 22.5. The van der Waals surface area contributed by atoms with Crippen molar-refractivity contribution in [3.05, 3.63) is 29.8 Å².